The van der Waals surface area contributed by atoms with Crippen LogP contribution in [0.15, 0.2) is 30.5 Å². The summed E-state index contributed by atoms with van der Waals surface area (Å²) in [6.45, 7) is 9.32. The van der Waals surface area contributed by atoms with E-state index in [-0.39, 0.29) is 5.91 Å². The number of nitrogens with one attached hydrogen (secondary N) is 1. The van der Waals surface area contributed by atoms with E-state index in [0.717, 1.165) is 11.3 Å². The fraction of sp³-hybridized carbons (Fsp3) is 0.353. The molecule has 1 amide bonds. The molecule has 2 aromatic rings. The normalized spacial score (nSPS) is 10.4. The molecule has 22 heavy (non-hydrogen) atoms. The van der Waals surface area contributed by atoms with Crippen molar-refractivity contribution in [2.24, 2.45) is 0 Å². The summed E-state index contributed by atoms with van der Waals surface area (Å²) in [7, 11) is 0. The molecule has 0 aliphatic carbocycles. The van der Waals surface area contributed by atoms with Gasteiger partial charge in [-0.1, -0.05) is 17.7 Å². The van der Waals surface area contributed by atoms with Gasteiger partial charge in [-0.15, -0.1) is 0 Å². The number of anilines is 2. The summed E-state index contributed by atoms with van der Waals surface area (Å²) in [4.78, 5) is 22.6. The third-order valence-corrected chi connectivity index (χ3v) is 3.55. The van der Waals surface area contributed by atoms with Crippen molar-refractivity contribution in [2.45, 2.75) is 27.7 Å². The molecule has 0 atom stereocenters. The number of carbonyl (C=O) groups excluding carboxylic acids is 1. The molecular weight excluding hydrogens is 276 g/mol. The molecule has 2 rings (SSSR count). The predicted octanol–water partition coefficient (Wildman–Crippen LogP) is 3.32. The first kappa shape index (κ1) is 15.9. The van der Waals surface area contributed by atoms with E-state index < -0.39 is 0 Å². The zero-order chi connectivity index (χ0) is 16.1. The van der Waals surface area contributed by atoms with E-state index >= 15 is 0 Å². The Morgan fingerprint density at radius 1 is 1.18 bits per heavy atom. The molecule has 0 aliphatic rings. The number of rotatable bonds is 5. The molecule has 0 fully saturated rings. The second-order valence-electron chi connectivity index (χ2n) is 5.19. The summed E-state index contributed by atoms with van der Waals surface area (Å²) in [5.41, 5.74) is 3.67. The van der Waals surface area contributed by atoms with Gasteiger partial charge in [0.25, 0.3) is 5.91 Å². The minimum absolute atomic E-state index is 0.0731. The van der Waals surface area contributed by atoms with Crippen LogP contribution in [0.1, 0.15) is 35.5 Å². The first-order chi connectivity index (χ1) is 10.5. The molecule has 0 saturated heterocycles. The monoisotopic (exact) mass is 298 g/mol. The number of hydrogen-bond donors (Lipinski definition) is 1. The summed E-state index contributed by atoms with van der Waals surface area (Å²) < 4.78 is 0. The van der Waals surface area contributed by atoms with Crippen LogP contribution in [0.4, 0.5) is 11.6 Å². The second kappa shape index (κ2) is 7.02. The third-order valence-electron chi connectivity index (χ3n) is 3.55. The Hall–Kier alpha value is -2.43. The Kier molecular flexibility index (Phi) is 5.09. The number of nitrogens with zero attached hydrogens (tertiary/aromatic N) is 3. The molecule has 1 N–H and O–H groups in total. The molecule has 0 radical (unpaired) electrons. The van der Waals surface area contributed by atoms with Crippen LogP contribution < -0.4 is 5.32 Å². The predicted molar refractivity (Wildman–Crippen MR) is 88.5 cm³/mol. The van der Waals surface area contributed by atoms with Crippen LogP contribution in [0.25, 0.3) is 0 Å². The Morgan fingerprint density at radius 2 is 1.91 bits per heavy atom. The average molecular weight is 298 g/mol. The van der Waals surface area contributed by atoms with Gasteiger partial charge in [0.15, 0.2) is 0 Å². The van der Waals surface area contributed by atoms with Crippen molar-refractivity contribution in [3.05, 3.63) is 47.3 Å². The van der Waals surface area contributed by atoms with E-state index in [1.54, 1.807) is 17.2 Å². The summed E-state index contributed by atoms with van der Waals surface area (Å²) >= 11 is 0. The molecule has 0 aliphatic heterocycles. The minimum Gasteiger partial charge on any atom is -0.338 e. The zero-order valence-electron chi connectivity index (χ0n) is 13.6. The second-order valence-corrected chi connectivity index (χ2v) is 5.19. The van der Waals surface area contributed by atoms with Crippen molar-refractivity contribution in [1.82, 2.24) is 14.9 Å². The number of hydrogen-bond acceptors (Lipinski definition) is 4. The van der Waals surface area contributed by atoms with Crippen LogP contribution in [0.3, 0.4) is 0 Å². The number of amides is 1. The van der Waals surface area contributed by atoms with Gasteiger partial charge in [0.1, 0.15) is 5.69 Å². The van der Waals surface area contributed by atoms with Crippen molar-refractivity contribution in [3.63, 3.8) is 0 Å². The lowest BCUT2D eigenvalue weighted by atomic mass is 10.1. The molecule has 5 nitrogen and oxygen atoms in total. The van der Waals surface area contributed by atoms with Gasteiger partial charge < -0.3 is 10.2 Å². The van der Waals surface area contributed by atoms with E-state index in [2.05, 4.69) is 28.3 Å². The standard InChI is InChI=1S/C17H22N4O/c1-5-21(6-2)16(22)15-9-10-18-17(20-15)19-14-8-7-12(3)11-13(14)4/h7-11H,5-6H2,1-4H3,(H,18,19,20). The van der Waals surface area contributed by atoms with Gasteiger partial charge in [0.2, 0.25) is 5.95 Å². The molecular formula is C17H22N4O. The molecule has 1 aromatic heterocycles. The fourth-order valence-corrected chi connectivity index (χ4v) is 2.29. The van der Waals surface area contributed by atoms with Crippen molar-refractivity contribution < 1.29 is 4.79 Å². The summed E-state index contributed by atoms with van der Waals surface area (Å²) in [6.07, 6.45) is 1.61. The van der Waals surface area contributed by atoms with Gasteiger partial charge in [-0.05, 0) is 45.4 Å². The quantitative estimate of drug-likeness (QED) is 0.920. The molecule has 0 unspecified atom stereocenters. The molecule has 0 saturated carbocycles. The smallest absolute Gasteiger partial charge is 0.272 e. The van der Waals surface area contributed by atoms with E-state index in [1.807, 2.05) is 32.9 Å². The Balaban J connectivity index is 2.23. The minimum atomic E-state index is -0.0731. The maximum absolute atomic E-state index is 12.3. The lowest BCUT2D eigenvalue weighted by Gasteiger charge is -2.18. The highest BCUT2D eigenvalue weighted by molar-refractivity contribution is 5.92. The number of benzene rings is 1. The summed E-state index contributed by atoms with van der Waals surface area (Å²) in [5, 5.41) is 3.18. The lowest BCUT2D eigenvalue weighted by Crippen LogP contribution is -2.31. The van der Waals surface area contributed by atoms with Crippen LogP contribution in [-0.2, 0) is 0 Å². The molecule has 116 valence electrons. The SMILES string of the molecule is CCN(CC)C(=O)c1ccnc(Nc2ccc(C)cc2C)n1. The number of aromatic nitrogens is 2. The van der Waals surface area contributed by atoms with Crippen molar-refractivity contribution in [1.29, 1.82) is 0 Å². The molecule has 1 heterocycles. The maximum atomic E-state index is 12.3. The van der Waals surface area contributed by atoms with Crippen LogP contribution in [-0.4, -0.2) is 33.9 Å². The zero-order valence-corrected chi connectivity index (χ0v) is 13.6. The highest BCUT2D eigenvalue weighted by atomic mass is 16.2. The van der Waals surface area contributed by atoms with Gasteiger partial charge in [0.05, 0.1) is 0 Å². The summed E-state index contributed by atoms with van der Waals surface area (Å²) in [5.74, 6) is 0.362. The van der Waals surface area contributed by atoms with Crippen molar-refractivity contribution >= 4 is 17.5 Å². The third kappa shape index (κ3) is 3.61. The highest BCUT2D eigenvalue weighted by Gasteiger charge is 2.14. The van der Waals surface area contributed by atoms with Crippen LogP contribution >= 0.6 is 0 Å². The van der Waals surface area contributed by atoms with Gasteiger partial charge in [0, 0.05) is 25.0 Å². The number of aryl methyl sites for hydroxylation is 2. The van der Waals surface area contributed by atoms with Crippen LogP contribution in [0.2, 0.25) is 0 Å². The summed E-state index contributed by atoms with van der Waals surface area (Å²) in [6, 6.07) is 7.76. The first-order valence-corrected chi connectivity index (χ1v) is 7.51. The van der Waals surface area contributed by atoms with Crippen LogP contribution in [0, 0.1) is 13.8 Å². The molecule has 0 bridgehead atoms. The lowest BCUT2D eigenvalue weighted by molar-refractivity contribution is 0.0767. The molecule has 0 spiro atoms. The van der Waals surface area contributed by atoms with E-state index in [4.69, 9.17) is 0 Å². The number of carbonyl (C=O) groups is 1. The Labute approximate surface area is 131 Å². The molecule has 5 heteroatoms. The fourth-order valence-electron chi connectivity index (χ4n) is 2.29. The van der Waals surface area contributed by atoms with Gasteiger partial charge in [-0.25, -0.2) is 9.97 Å². The van der Waals surface area contributed by atoms with Gasteiger partial charge in [-0.3, -0.25) is 4.79 Å². The van der Waals surface area contributed by atoms with E-state index in [0.29, 0.717) is 24.7 Å². The average Bonchev–Trinajstić information content (AvgIpc) is 2.51. The van der Waals surface area contributed by atoms with Gasteiger partial charge in [-0.2, -0.15) is 0 Å². The highest BCUT2D eigenvalue weighted by Crippen LogP contribution is 2.19. The Bertz CT molecular complexity index is 665. The topological polar surface area (TPSA) is 58.1 Å². The van der Waals surface area contributed by atoms with Crippen molar-refractivity contribution in [3.8, 4) is 0 Å². The Morgan fingerprint density at radius 3 is 2.55 bits per heavy atom. The largest absolute Gasteiger partial charge is 0.338 e. The van der Waals surface area contributed by atoms with Crippen LogP contribution in [0.5, 0.6) is 0 Å². The molecule has 1 aromatic carbocycles. The maximum Gasteiger partial charge on any atom is 0.272 e. The van der Waals surface area contributed by atoms with Gasteiger partial charge >= 0.3 is 0 Å². The van der Waals surface area contributed by atoms with E-state index in [9.17, 15) is 4.79 Å². The van der Waals surface area contributed by atoms with E-state index in [1.165, 1.54) is 5.56 Å². The first-order valence-electron chi connectivity index (χ1n) is 7.51. The van der Waals surface area contributed by atoms with Crippen molar-refractivity contribution in [2.75, 3.05) is 18.4 Å².